The van der Waals surface area contributed by atoms with Gasteiger partial charge in [-0.1, -0.05) is 45.0 Å². The number of phenolic OH excluding ortho intramolecular Hbond substituents is 2. The molecule has 0 aliphatic heterocycles. The number of para-hydroxylation sites is 1. The van der Waals surface area contributed by atoms with E-state index in [1.165, 1.54) is 11.0 Å². The average Bonchev–Trinajstić information content (AvgIpc) is 2.82. The third-order valence-corrected chi connectivity index (χ3v) is 5.56. The standard InChI is InChI=1S/C26H35N3O6/c1-4-14-28(15-13-20-6-5-7-22(30)23(20)31)26(35)29(16-12-18(2)3)24(32)21-10-8-19(9-11-21)17-27-25(33)34/h5-11,18,27,30-31H,4,12-17H2,1-3H3,(H,33,34). The number of nitrogens with zero attached hydrogens (tertiary/aromatic N) is 2. The lowest BCUT2D eigenvalue weighted by Crippen LogP contribution is -2.48. The number of urea groups is 1. The number of carbonyl (C=O) groups excluding carboxylic acids is 2. The largest absolute Gasteiger partial charge is 0.504 e. The fourth-order valence-electron chi connectivity index (χ4n) is 3.55. The van der Waals surface area contributed by atoms with Gasteiger partial charge in [-0.25, -0.2) is 9.59 Å². The first-order valence-electron chi connectivity index (χ1n) is 11.8. The molecule has 0 saturated carbocycles. The third-order valence-electron chi connectivity index (χ3n) is 5.56. The summed E-state index contributed by atoms with van der Waals surface area (Å²) in [5, 5.41) is 30.9. The number of amides is 4. The van der Waals surface area contributed by atoms with Crippen LogP contribution < -0.4 is 5.32 Å². The molecule has 9 heteroatoms. The summed E-state index contributed by atoms with van der Waals surface area (Å²) in [6.07, 6.45) is 0.523. The summed E-state index contributed by atoms with van der Waals surface area (Å²) in [6.45, 7) is 7.06. The molecule has 0 aliphatic rings. The lowest BCUT2D eigenvalue weighted by atomic mass is 10.1. The van der Waals surface area contributed by atoms with Gasteiger partial charge in [0.05, 0.1) is 0 Å². The Morgan fingerprint density at radius 2 is 1.66 bits per heavy atom. The minimum absolute atomic E-state index is 0.117. The number of aromatic hydroxyl groups is 2. The number of phenols is 2. The molecule has 2 aromatic rings. The van der Waals surface area contributed by atoms with Crippen LogP contribution in [-0.4, -0.2) is 62.8 Å². The van der Waals surface area contributed by atoms with Crippen LogP contribution in [0.4, 0.5) is 9.59 Å². The van der Waals surface area contributed by atoms with Crippen LogP contribution in [0.3, 0.4) is 0 Å². The van der Waals surface area contributed by atoms with E-state index in [1.54, 1.807) is 41.3 Å². The summed E-state index contributed by atoms with van der Waals surface area (Å²) >= 11 is 0. The van der Waals surface area contributed by atoms with Crippen LogP contribution in [-0.2, 0) is 13.0 Å². The highest BCUT2D eigenvalue weighted by atomic mass is 16.4. The van der Waals surface area contributed by atoms with E-state index >= 15 is 0 Å². The van der Waals surface area contributed by atoms with Gasteiger partial charge in [0.1, 0.15) is 0 Å². The molecule has 2 rings (SSSR count). The molecule has 0 atom stereocenters. The van der Waals surface area contributed by atoms with Crippen molar-refractivity contribution >= 4 is 18.0 Å². The molecule has 0 fully saturated rings. The van der Waals surface area contributed by atoms with E-state index in [-0.39, 0.29) is 37.1 Å². The molecule has 4 amide bonds. The van der Waals surface area contributed by atoms with Crippen LogP contribution in [0.15, 0.2) is 42.5 Å². The van der Waals surface area contributed by atoms with E-state index in [4.69, 9.17) is 5.11 Å². The van der Waals surface area contributed by atoms with Crippen molar-refractivity contribution in [1.29, 1.82) is 0 Å². The van der Waals surface area contributed by atoms with Crippen LogP contribution in [0.2, 0.25) is 0 Å². The van der Waals surface area contributed by atoms with Crippen molar-refractivity contribution < 1.29 is 29.7 Å². The van der Waals surface area contributed by atoms with Gasteiger partial charge in [0.15, 0.2) is 11.5 Å². The Kier molecular flexibility index (Phi) is 10.4. The molecule has 4 N–H and O–H groups in total. The van der Waals surface area contributed by atoms with Crippen LogP contribution in [0.1, 0.15) is 55.1 Å². The first-order valence-corrected chi connectivity index (χ1v) is 11.8. The molecule has 0 saturated heterocycles. The Morgan fingerprint density at radius 3 is 2.26 bits per heavy atom. The second kappa shape index (κ2) is 13.2. The van der Waals surface area contributed by atoms with Gasteiger partial charge in [0.2, 0.25) is 0 Å². The minimum Gasteiger partial charge on any atom is -0.504 e. The van der Waals surface area contributed by atoms with Gasteiger partial charge in [0, 0.05) is 31.7 Å². The van der Waals surface area contributed by atoms with Crippen LogP contribution in [0, 0.1) is 5.92 Å². The lowest BCUT2D eigenvalue weighted by molar-refractivity contribution is 0.0751. The van der Waals surface area contributed by atoms with Crippen molar-refractivity contribution in [2.75, 3.05) is 19.6 Å². The van der Waals surface area contributed by atoms with E-state index in [1.807, 2.05) is 20.8 Å². The van der Waals surface area contributed by atoms with Gasteiger partial charge in [-0.3, -0.25) is 9.69 Å². The number of hydrogen-bond acceptors (Lipinski definition) is 5. The Bertz CT molecular complexity index is 1010. The Balaban J connectivity index is 2.22. The van der Waals surface area contributed by atoms with E-state index < -0.39 is 18.0 Å². The Labute approximate surface area is 206 Å². The van der Waals surface area contributed by atoms with Gasteiger partial charge >= 0.3 is 12.1 Å². The maximum atomic E-state index is 13.5. The third kappa shape index (κ3) is 8.20. The quantitative estimate of drug-likeness (QED) is 0.348. The van der Waals surface area contributed by atoms with Gasteiger partial charge in [-0.15, -0.1) is 0 Å². The van der Waals surface area contributed by atoms with Gasteiger partial charge in [0.25, 0.3) is 5.91 Å². The van der Waals surface area contributed by atoms with Crippen molar-refractivity contribution in [3.8, 4) is 11.5 Å². The van der Waals surface area contributed by atoms with Crippen LogP contribution in [0.5, 0.6) is 11.5 Å². The molecule has 0 spiro atoms. The maximum Gasteiger partial charge on any atom is 0.404 e. The normalized spacial score (nSPS) is 10.7. The van der Waals surface area contributed by atoms with Crippen molar-refractivity contribution in [3.63, 3.8) is 0 Å². The number of carbonyl (C=O) groups is 3. The molecule has 0 bridgehead atoms. The molecular weight excluding hydrogens is 450 g/mol. The number of nitrogens with one attached hydrogen (secondary N) is 1. The van der Waals surface area contributed by atoms with Gasteiger partial charge in [-0.2, -0.15) is 0 Å². The zero-order chi connectivity index (χ0) is 26.0. The van der Waals surface area contributed by atoms with Crippen molar-refractivity contribution in [3.05, 3.63) is 59.2 Å². The maximum absolute atomic E-state index is 13.5. The molecule has 0 aliphatic carbocycles. The van der Waals surface area contributed by atoms with Crippen molar-refractivity contribution in [1.82, 2.24) is 15.1 Å². The van der Waals surface area contributed by atoms with Gasteiger partial charge in [-0.05, 0) is 54.5 Å². The number of carboxylic acid groups (broad SMARTS) is 1. The predicted molar refractivity (Wildman–Crippen MR) is 133 cm³/mol. The molecular formula is C26H35N3O6. The highest BCUT2D eigenvalue weighted by Crippen LogP contribution is 2.28. The van der Waals surface area contributed by atoms with E-state index in [0.29, 0.717) is 42.5 Å². The number of imide groups is 1. The summed E-state index contributed by atoms with van der Waals surface area (Å²) in [4.78, 5) is 40.4. The van der Waals surface area contributed by atoms with Crippen molar-refractivity contribution in [2.24, 2.45) is 5.92 Å². The Hall–Kier alpha value is -3.75. The summed E-state index contributed by atoms with van der Waals surface area (Å²) < 4.78 is 0. The fraction of sp³-hybridized carbons (Fsp3) is 0.423. The first kappa shape index (κ1) is 27.5. The van der Waals surface area contributed by atoms with Gasteiger partial charge < -0.3 is 25.5 Å². The zero-order valence-electron chi connectivity index (χ0n) is 20.5. The number of rotatable bonds is 11. The number of benzene rings is 2. The minimum atomic E-state index is -1.13. The molecule has 0 radical (unpaired) electrons. The molecule has 0 unspecified atom stereocenters. The summed E-state index contributed by atoms with van der Waals surface area (Å²) in [5.74, 6) is -0.561. The molecule has 0 heterocycles. The van der Waals surface area contributed by atoms with E-state index in [0.717, 1.165) is 0 Å². The van der Waals surface area contributed by atoms with Crippen LogP contribution >= 0.6 is 0 Å². The predicted octanol–water partition coefficient (Wildman–Crippen LogP) is 4.43. The highest BCUT2D eigenvalue weighted by Gasteiger charge is 2.27. The Morgan fingerprint density at radius 1 is 0.971 bits per heavy atom. The molecule has 2 aromatic carbocycles. The molecule has 35 heavy (non-hydrogen) atoms. The fourth-order valence-corrected chi connectivity index (χ4v) is 3.55. The van der Waals surface area contributed by atoms with Crippen LogP contribution in [0.25, 0.3) is 0 Å². The topological polar surface area (TPSA) is 130 Å². The summed E-state index contributed by atoms with van der Waals surface area (Å²) in [7, 11) is 0. The highest BCUT2D eigenvalue weighted by molar-refractivity contribution is 6.04. The SMILES string of the molecule is CCCN(CCc1cccc(O)c1O)C(=O)N(CCC(C)C)C(=O)c1ccc(CNC(=O)O)cc1. The smallest absolute Gasteiger partial charge is 0.404 e. The zero-order valence-corrected chi connectivity index (χ0v) is 20.5. The lowest BCUT2D eigenvalue weighted by Gasteiger charge is -2.30. The average molecular weight is 486 g/mol. The summed E-state index contributed by atoms with van der Waals surface area (Å²) in [6, 6.07) is 10.8. The second-order valence-corrected chi connectivity index (χ2v) is 8.80. The summed E-state index contributed by atoms with van der Waals surface area (Å²) in [5.41, 5.74) is 1.55. The first-order chi connectivity index (χ1) is 16.6. The van der Waals surface area contributed by atoms with E-state index in [9.17, 15) is 24.6 Å². The second-order valence-electron chi connectivity index (χ2n) is 8.80. The molecule has 0 aromatic heterocycles. The monoisotopic (exact) mass is 485 g/mol. The molecule has 9 nitrogen and oxygen atoms in total. The van der Waals surface area contributed by atoms with E-state index in [2.05, 4.69) is 5.32 Å². The number of hydrogen-bond donors (Lipinski definition) is 4. The van der Waals surface area contributed by atoms with Crippen molar-refractivity contribution in [2.45, 2.75) is 46.6 Å². The molecule has 190 valence electrons.